The highest BCUT2D eigenvalue weighted by Gasteiger charge is 2.18. The Balaban J connectivity index is 1.62. The minimum Gasteiger partial charge on any atom is -0.360 e. The van der Waals surface area contributed by atoms with Crippen LogP contribution in [0, 0.1) is 13.8 Å². The van der Waals surface area contributed by atoms with E-state index in [1.54, 1.807) is 19.1 Å². The summed E-state index contributed by atoms with van der Waals surface area (Å²) in [6, 6.07) is 15.4. The normalized spacial score (nSPS) is 12.4. The smallest absolute Gasteiger partial charge is 0.263 e. The van der Waals surface area contributed by atoms with Crippen molar-refractivity contribution >= 4 is 39.2 Å². The molecule has 2 aromatic carbocycles. The van der Waals surface area contributed by atoms with E-state index in [0.717, 1.165) is 10.5 Å². The summed E-state index contributed by atoms with van der Waals surface area (Å²) < 4.78 is 32.0. The van der Waals surface area contributed by atoms with E-state index < -0.39 is 10.0 Å². The number of hydrogen-bond acceptors (Lipinski definition) is 6. The molecule has 0 saturated carbocycles. The molecule has 1 heterocycles. The van der Waals surface area contributed by atoms with Gasteiger partial charge in [0.15, 0.2) is 5.82 Å². The number of thioether (sulfide) groups is 1. The minimum absolute atomic E-state index is 0.0539. The van der Waals surface area contributed by atoms with Crippen LogP contribution in [0.25, 0.3) is 0 Å². The summed E-state index contributed by atoms with van der Waals surface area (Å²) in [4.78, 5) is 13.5. The number of carbonyl (C=O) groups excluding carboxylic acids is 1. The predicted octanol–water partition coefficient (Wildman–Crippen LogP) is 4.21. The number of hydrogen-bond donors (Lipinski definition) is 2. The first-order valence-corrected chi connectivity index (χ1v) is 11.2. The van der Waals surface area contributed by atoms with E-state index in [4.69, 9.17) is 4.52 Å². The number of carbonyl (C=O) groups is 1. The predicted molar refractivity (Wildman–Crippen MR) is 114 cm³/mol. The van der Waals surface area contributed by atoms with Gasteiger partial charge >= 0.3 is 0 Å². The van der Waals surface area contributed by atoms with Gasteiger partial charge in [0.25, 0.3) is 10.0 Å². The Morgan fingerprint density at radius 1 is 1.07 bits per heavy atom. The van der Waals surface area contributed by atoms with Crippen molar-refractivity contribution < 1.29 is 17.7 Å². The van der Waals surface area contributed by atoms with Crippen molar-refractivity contribution in [2.24, 2.45) is 0 Å². The molecule has 0 bridgehead atoms. The number of nitrogens with zero attached hydrogens (tertiary/aromatic N) is 1. The molecule has 0 aliphatic heterocycles. The van der Waals surface area contributed by atoms with E-state index in [-0.39, 0.29) is 21.9 Å². The lowest BCUT2D eigenvalue weighted by Gasteiger charge is -2.13. The Morgan fingerprint density at radius 3 is 2.31 bits per heavy atom. The van der Waals surface area contributed by atoms with Crippen molar-refractivity contribution in [1.29, 1.82) is 0 Å². The maximum atomic E-state index is 12.4. The molecule has 0 fully saturated rings. The molecule has 1 amide bonds. The first-order chi connectivity index (χ1) is 13.7. The van der Waals surface area contributed by atoms with Crippen molar-refractivity contribution in [3.05, 3.63) is 65.9 Å². The van der Waals surface area contributed by atoms with E-state index in [9.17, 15) is 13.2 Å². The maximum absolute atomic E-state index is 12.4. The number of nitrogens with one attached hydrogen (secondary N) is 2. The molecular weight excluding hydrogens is 410 g/mol. The maximum Gasteiger partial charge on any atom is 0.263 e. The molecule has 1 unspecified atom stereocenters. The molecule has 0 saturated heterocycles. The van der Waals surface area contributed by atoms with Gasteiger partial charge in [0, 0.05) is 16.6 Å². The lowest BCUT2D eigenvalue weighted by atomic mass is 10.2. The summed E-state index contributed by atoms with van der Waals surface area (Å²) >= 11 is 1.46. The van der Waals surface area contributed by atoms with E-state index >= 15 is 0 Å². The molecule has 3 aromatic rings. The van der Waals surface area contributed by atoms with Crippen LogP contribution in [0.5, 0.6) is 0 Å². The van der Waals surface area contributed by atoms with Crippen LogP contribution in [0.15, 0.2) is 68.9 Å². The van der Waals surface area contributed by atoms with Crippen LogP contribution < -0.4 is 10.0 Å². The molecule has 0 radical (unpaired) electrons. The Hall–Kier alpha value is -2.78. The molecule has 0 aliphatic carbocycles. The monoisotopic (exact) mass is 431 g/mol. The van der Waals surface area contributed by atoms with Crippen LogP contribution >= 0.6 is 11.8 Å². The Morgan fingerprint density at radius 2 is 1.72 bits per heavy atom. The van der Waals surface area contributed by atoms with Crippen molar-refractivity contribution in [3.63, 3.8) is 0 Å². The number of aryl methyl sites for hydroxylation is 2. The lowest BCUT2D eigenvalue weighted by molar-refractivity contribution is -0.115. The zero-order valence-corrected chi connectivity index (χ0v) is 17.8. The quantitative estimate of drug-likeness (QED) is 0.544. The zero-order chi connectivity index (χ0) is 21.0. The summed E-state index contributed by atoms with van der Waals surface area (Å²) in [5, 5.41) is 6.11. The number of sulfonamides is 1. The molecule has 29 heavy (non-hydrogen) atoms. The fraction of sp³-hybridized carbons (Fsp3) is 0.200. The molecule has 1 aromatic heterocycles. The van der Waals surface area contributed by atoms with Gasteiger partial charge in [-0.1, -0.05) is 22.9 Å². The first-order valence-electron chi connectivity index (χ1n) is 8.83. The lowest BCUT2D eigenvalue weighted by Crippen LogP contribution is -2.22. The van der Waals surface area contributed by atoms with Crippen LogP contribution in [0.2, 0.25) is 0 Å². The molecule has 2 N–H and O–H groups in total. The van der Waals surface area contributed by atoms with Gasteiger partial charge in [-0.05, 0) is 57.2 Å². The number of benzene rings is 2. The van der Waals surface area contributed by atoms with Crippen molar-refractivity contribution in [3.8, 4) is 0 Å². The van der Waals surface area contributed by atoms with E-state index in [2.05, 4.69) is 15.2 Å². The molecule has 0 spiro atoms. The molecule has 152 valence electrons. The van der Waals surface area contributed by atoms with E-state index in [1.807, 2.05) is 38.1 Å². The Kier molecular flexibility index (Phi) is 6.29. The second-order valence-electron chi connectivity index (χ2n) is 6.52. The summed E-state index contributed by atoms with van der Waals surface area (Å²) in [7, 11) is -3.80. The average molecular weight is 432 g/mol. The Labute approximate surface area is 173 Å². The topological polar surface area (TPSA) is 101 Å². The fourth-order valence-corrected chi connectivity index (χ4v) is 4.30. The molecular formula is C20H21N3O4S2. The highest BCUT2D eigenvalue weighted by molar-refractivity contribution is 8.00. The van der Waals surface area contributed by atoms with Crippen molar-refractivity contribution in [2.45, 2.75) is 35.8 Å². The molecule has 3 rings (SSSR count). The second kappa shape index (κ2) is 8.71. The summed E-state index contributed by atoms with van der Waals surface area (Å²) in [6.45, 7) is 5.50. The van der Waals surface area contributed by atoms with E-state index in [0.29, 0.717) is 11.4 Å². The van der Waals surface area contributed by atoms with E-state index in [1.165, 1.54) is 30.0 Å². The van der Waals surface area contributed by atoms with Gasteiger partial charge in [0.1, 0.15) is 5.76 Å². The highest BCUT2D eigenvalue weighted by Crippen LogP contribution is 2.25. The number of aromatic nitrogens is 1. The van der Waals surface area contributed by atoms with Crippen molar-refractivity contribution in [1.82, 2.24) is 5.16 Å². The number of anilines is 2. The van der Waals surface area contributed by atoms with Gasteiger partial charge in [0.2, 0.25) is 5.91 Å². The second-order valence-corrected chi connectivity index (χ2v) is 9.61. The van der Waals surface area contributed by atoms with Crippen LogP contribution in [0.1, 0.15) is 18.2 Å². The Bertz CT molecular complexity index is 1090. The minimum atomic E-state index is -3.80. The molecule has 1 atom stereocenters. The summed E-state index contributed by atoms with van der Waals surface area (Å²) in [5.41, 5.74) is 1.68. The molecule has 7 nitrogen and oxygen atoms in total. The third-order valence-corrected chi connectivity index (χ3v) is 6.48. The van der Waals surface area contributed by atoms with Crippen molar-refractivity contribution in [2.75, 3.05) is 10.0 Å². The standard InChI is InChI=1S/C20H21N3O4S2/c1-13-4-8-17(9-5-13)28-15(3)20(24)21-16-6-10-18(11-7-16)29(25,26)23-19-12-14(2)27-22-19/h4-12,15H,1-3H3,(H,21,24)(H,22,23). The van der Waals surface area contributed by atoms with Gasteiger partial charge in [-0.2, -0.15) is 0 Å². The van der Waals surface area contributed by atoms with Gasteiger partial charge in [-0.25, -0.2) is 8.42 Å². The van der Waals surface area contributed by atoms with Crippen LogP contribution in [-0.4, -0.2) is 24.7 Å². The van der Waals surface area contributed by atoms with Crippen LogP contribution in [-0.2, 0) is 14.8 Å². The summed E-state index contributed by atoms with van der Waals surface area (Å²) in [5.74, 6) is 0.447. The molecule has 0 aliphatic rings. The van der Waals surface area contributed by atoms with Gasteiger partial charge in [-0.3, -0.25) is 9.52 Å². The zero-order valence-electron chi connectivity index (χ0n) is 16.2. The third kappa shape index (κ3) is 5.61. The molecule has 9 heteroatoms. The third-order valence-electron chi connectivity index (χ3n) is 4.00. The highest BCUT2D eigenvalue weighted by atomic mass is 32.2. The summed E-state index contributed by atoms with van der Waals surface area (Å²) in [6.07, 6.45) is 0. The van der Waals surface area contributed by atoms with Crippen LogP contribution in [0.3, 0.4) is 0 Å². The van der Waals surface area contributed by atoms with Crippen LogP contribution in [0.4, 0.5) is 11.5 Å². The largest absolute Gasteiger partial charge is 0.360 e. The van der Waals surface area contributed by atoms with Gasteiger partial charge in [0.05, 0.1) is 10.1 Å². The average Bonchev–Trinajstić information content (AvgIpc) is 3.08. The first kappa shape index (κ1) is 20.9. The van der Waals surface area contributed by atoms with Gasteiger partial charge in [-0.15, -0.1) is 11.8 Å². The number of amides is 1. The van der Waals surface area contributed by atoms with Gasteiger partial charge < -0.3 is 9.84 Å². The number of rotatable bonds is 7. The fourth-order valence-electron chi connectivity index (χ4n) is 2.45. The SMILES string of the molecule is Cc1ccc(SC(C)C(=O)Nc2ccc(S(=O)(=O)Nc3cc(C)on3)cc2)cc1.